The Bertz CT molecular complexity index is 1750. The number of hydrogen-bond acceptors (Lipinski definition) is 5. The molecule has 0 radical (unpaired) electrons. The Morgan fingerprint density at radius 1 is 0.897 bits per heavy atom. The Morgan fingerprint density at radius 2 is 1.51 bits per heavy atom. The highest BCUT2D eigenvalue weighted by atomic mass is 16.3. The number of nitriles is 1. The molecule has 190 valence electrons. The predicted molar refractivity (Wildman–Crippen MR) is 146 cm³/mol. The zero-order valence-corrected chi connectivity index (χ0v) is 21.1. The molecule has 1 aromatic heterocycles. The number of rotatable bonds is 5. The van der Waals surface area contributed by atoms with Crippen LogP contribution in [0.5, 0.6) is 5.88 Å². The monoisotopic (exact) mass is 513 g/mol. The third-order valence-corrected chi connectivity index (χ3v) is 6.23. The molecule has 39 heavy (non-hydrogen) atoms. The number of anilines is 1. The summed E-state index contributed by atoms with van der Waals surface area (Å²) in [5, 5.41) is 22.4. The molecule has 1 aliphatic rings. The number of carbonyl (C=O) groups is 2. The van der Waals surface area contributed by atoms with Gasteiger partial charge in [-0.1, -0.05) is 60.7 Å². The van der Waals surface area contributed by atoms with Crippen molar-refractivity contribution in [2.45, 2.75) is 13.8 Å². The van der Waals surface area contributed by atoms with Gasteiger partial charge >= 0.3 is 0 Å². The zero-order valence-electron chi connectivity index (χ0n) is 21.1. The largest absolute Gasteiger partial charge is 0.868 e. The lowest BCUT2D eigenvalue weighted by atomic mass is 9.94. The number of hydrogen-bond donors (Lipinski definition) is 0. The molecule has 0 bridgehead atoms. The quantitative estimate of drug-likeness (QED) is 0.213. The minimum Gasteiger partial charge on any atom is -0.868 e. The first kappa shape index (κ1) is 26.3. The maximum atomic E-state index is 13.2. The highest BCUT2D eigenvalue weighted by molar-refractivity contribution is 6.31. The van der Waals surface area contributed by atoms with Crippen molar-refractivity contribution in [1.82, 2.24) is 4.57 Å². The Morgan fingerprint density at radius 3 is 2.10 bits per heavy atom. The van der Waals surface area contributed by atoms with E-state index in [4.69, 9.17) is 6.57 Å². The second-order valence-corrected chi connectivity index (χ2v) is 8.50. The number of allylic oxidation sites excluding steroid dienone is 4. The topological polar surface area (TPSA) is 111 Å². The lowest BCUT2D eigenvalue weighted by Crippen LogP contribution is -2.42. The van der Waals surface area contributed by atoms with E-state index in [1.807, 2.05) is 6.07 Å². The summed E-state index contributed by atoms with van der Waals surface area (Å²) in [4.78, 5) is 43.5. The van der Waals surface area contributed by atoms with E-state index < -0.39 is 23.3 Å². The van der Waals surface area contributed by atoms with Crippen LogP contribution in [-0.2, 0) is 9.59 Å². The van der Waals surface area contributed by atoms with Gasteiger partial charge in [-0.3, -0.25) is 14.4 Å². The minimum absolute atomic E-state index is 0.130. The second-order valence-electron chi connectivity index (χ2n) is 8.50. The van der Waals surface area contributed by atoms with Gasteiger partial charge in [-0.25, -0.2) is 9.74 Å². The molecule has 8 nitrogen and oxygen atoms in total. The number of aromatic nitrogens is 1. The number of nitrogens with zero attached hydrogens (tertiary/aromatic N) is 4. The molecule has 0 N–H and O–H groups in total. The Hall–Kier alpha value is -5.73. The standard InChI is InChI=1S/C31H22N4O4/c1-20-24(28(36)34(30(38)26(20)19-32)22-13-7-4-8-14-22)17-11-6-12-18-25-21(2)27(33-3)31(39)35(29(25)37)23-15-9-5-10-16-23/h4-18,39H,1-2H3/p-1. The SMILES string of the molecule is [C-]#[N+]c1c(C)c(C=CC=CC=C2C(=O)N(c3ccccc3)C(=O)C(C#N)=C2C)c(=O)n(-c2ccccc2)c1[O-]. The molecule has 1 aliphatic heterocycles. The van der Waals surface area contributed by atoms with Crippen LogP contribution in [0.3, 0.4) is 0 Å². The van der Waals surface area contributed by atoms with Crippen LogP contribution in [0.15, 0.2) is 106 Å². The number of para-hydroxylation sites is 2. The second kappa shape index (κ2) is 11.1. The lowest BCUT2D eigenvalue weighted by molar-refractivity contribution is -0.276. The molecule has 3 aromatic rings. The molecule has 8 heteroatoms. The normalized spacial score (nSPS) is 14.9. The average molecular weight is 514 g/mol. The number of pyridine rings is 1. The third-order valence-electron chi connectivity index (χ3n) is 6.23. The fraction of sp³-hybridized carbons (Fsp3) is 0.0645. The fourth-order valence-electron chi connectivity index (χ4n) is 4.19. The molecular formula is C31H21N4O4-. The molecular weight excluding hydrogens is 492 g/mol. The van der Waals surface area contributed by atoms with Crippen LogP contribution >= 0.6 is 0 Å². The highest BCUT2D eigenvalue weighted by Crippen LogP contribution is 2.31. The summed E-state index contributed by atoms with van der Waals surface area (Å²) >= 11 is 0. The van der Waals surface area contributed by atoms with Gasteiger partial charge in [0, 0.05) is 16.8 Å². The summed E-state index contributed by atoms with van der Waals surface area (Å²) in [7, 11) is 0. The predicted octanol–water partition coefficient (Wildman–Crippen LogP) is 4.68. The highest BCUT2D eigenvalue weighted by Gasteiger charge is 2.36. The van der Waals surface area contributed by atoms with Crippen LogP contribution < -0.4 is 15.6 Å². The molecule has 0 fully saturated rings. The lowest BCUT2D eigenvalue weighted by Gasteiger charge is -2.27. The fourth-order valence-corrected chi connectivity index (χ4v) is 4.19. The van der Waals surface area contributed by atoms with Crippen LogP contribution in [-0.4, -0.2) is 16.4 Å². The first-order valence-electron chi connectivity index (χ1n) is 11.8. The number of imide groups is 1. The summed E-state index contributed by atoms with van der Waals surface area (Å²) in [5.74, 6) is -1.93. The maximum Gasteiger partial charge on any atom is 0.276 e. The van der Waals surface area contributed by atoms with E-state index in [1.54, 1.807) is 85.8 Å². The summed E-state index contributed by atoms with van der Waals surface area (Å²) < 4.78 is 0.971. The molecule has 2 aromatic carbocycles. The van der Waals surface area contributed by atoms with Gasteiger partial charge in [-0.2, -0.15) is 5.26 Å². The number of benzene rings is 2. The van der Waals surface area contributed by atoms with E-state index in [9.17, 15) is 24.8 Å². The maximum absolute atomic E-state index is 13.2. The molecule has 2 heterocycles. The minimum atomic E-state index is -0.685. The van der Waals surface area contributed by atoms with Crippen molar-refractivity contribution >= 4 is 29.3 Å². The van der Waals surface area contributed by atoms with Gasteiger partial charge in [0.1, 0.15) is 11.6 Å². The van der Waals surface area contributed by atoms with Gasteiger partial charge < -0.3 is 9.67 Å². The average Bonchev–Trinajstić information content (AvgIpc) is 2.93. The molecule has 0 unspecified atom stereocenters. The van der Waals surface area contributed by atoms with Crippen molar-refractivity contribution in [2.24, 2.45) is 0 Å². The van der Waals surface area contributed by atoms with E-state index >= 15 is 0 Å². The van der Waals surface area contributed by atoms with Crippen molar-refractivity contribution < 1.29 is 14.7 Å². The Kier molecular flexibility index (Phi) is 7.51. The van der Waals surface area contributed by atoms with Crippen molar-refractivity contribution in [2.75, 3.05) is 4.90 Å². The van der Waals surface area contributed by atoms with E-state index in [-0.39, 0.29) is 33.5 Å². The summed E-state index contributed by atoms with van der Waals surface area (Å²) in [6, 6.07) is 18.6. The molecule has 0 aliphatic carbocycles. The summed E-state index contributed by atoms with van der Waals surface area (Å²) in [5.41, 5.74) is 0.766. The molecule has 0 spiro atoms. The van der Waals surface area contributed by atoms with E-state index in [1.165, 1.54) is 19.1 Å². The first-order chi connectivity index (χ1) is 18.8. The molecule has 0 atom stereocenters. The van der Waals surface area contributed by atoms with Crippen LogP contribution in [0, 0.1) is 24.8 Å². The molecule has 0 saturated heterocycles. The first-order valence-corrected chi connectivity index (χ1v) is 11.8. The van der Waals surface area contributed by atoms with Crippen LogP contribution in [0.2, 0.25) is 0 Å². The van der Waals surface area contributed by atoms with E-state index in [0.717, 1.165) is 9.47 Å². The van der Waals surface area contributed by atoms with Gasteiger partial charge in [0.05, 0.1) is 12.3 Å². The summed E-state index contributed by atoms with van der Waals surface area (Å²) in [6.45, 7) is 10.5. The molecule has 2 amide bonds. The Labute approximate surface area is 224 Å². The molecule has 4 rings (SSSR count). The molecule has 0 saturated carbocycles. The van der Waals surface area contributed by atoms with Gasteiger partial charge in [0.15, 0.2) is 5.69 Å². The number of carbonyl (C=O) groups excluding carboxylic acids is 2. The van der Waals surface area contributed by atoms with Crippen LogP contribution in [0.1, 0.15) is 18.1 Å². The van der Waals surface area contributed by atoms with Crippen LogP contribution in [0.4, 0.5) is 11.4 Å². The van der Waals surface area contributed by atoms with E-state index in [2.05, 4.69) is 4.85 Å². The van der Waals surface area contributed by atoms with Crippen molar-refractivity contribution in [3.05, 3.63) is 135 Å². The zero-order chi connectivity index (χ0) is 28.1. The van der Waals surface area contributed by atoms with Crippen LogP contribution in [0.25, 0.3) is 16.6 Å². The number of amides is 2. The van der Waals surface area contributed by atoms with Gasteiger partial charge in [0.2, 0.25) is 0 Å². The van der Waals surface area contributed by atoms with Crippen molar-refractivity contribution in [3.63, 3.8) is 0 Å². The third kappa shape index (κ3) is 4.83. The summed E-state index contributed by atoms with van der Waals surface area (Å²) in [6.07, 6.45) is 7.64. The van der Waals surface area contributed by atoms with Crippen molar-refractivity contribution in [1.29, 1.82) is 5.26 Å². The van der Waals surface area contributed by atoms with Gasteiger partial charge in [-0.15, -0.1) is 0 Å². The van der Waals surface area contributed by atoms with Gasteiger partial charge in [-0.05, 0) is 61.2 Å². The Balaban J connectivity index is 1.71. The van der Waals surface area contributed by atoms with Crippen molar-refractivity contribution in [3.8, 4) is 17.6 Å². The van der Waals surface area contributed by atoms with Gasteiger partial charge in [0.25, 0.3) is 17.4 Å². The van der Waals surface area contributed by atoms with E-state index in [0.29, 0.717) is 11.4 Å². The smallest absolute Gasteiger partial charge is 0.276 e.